The van der Waals surface area contributed by atoms with E-state index in [1.54, 1.807) is 29.2 Å². The lowest BCUT2D eigenvalue weighted by atomic mass is 10.1. The Morgan fingerprint density at radius 3 is 2.67 bits per heavy atom. The molecule has 8 nitrogen and oxygen atoms in total. The molecule has 9 heteroatoms. The van der Waals surface area contributed by atoms with E-state index in [0.29, 0.717) is 37.0 Å². The topological polar surface area (TPSA) is 81.5 Å². The molecule has 0 spiro atoms. The predicted molar refractivity (Wildman–Crippen MR) is 122 cm³/mol. The number of hydrogen-bond acceptors (Lipinski definition) is 7. The number of nitrogens with zero attached hydrogens (tertiary/aromatic N) is 2. The van der Waals surface area contributed by atoms with Crippen LogP contribution in [0.4, 0.5) is 0 Å². The molecule has 0 unspecified atom stereocenters. The second kappa shape index (κ2) is 11.0. The van der Waals surface area contributed by atoms with E-state index in [4.69, 9.17) is 18.6 Å². The predicted octanol–water partition coefficient (Wildman–Crippen LogP) is 3.32. The quantitative estimate of drug-likeness (QED) is 0.428. The molecule has 0 aliphatic carbocycles. The minimum Gasteiger partial charge on any atom is -0.467 e. The highest BCUT2D eigenvalue weighted by Crippen LogP contribution is 2.33. The Morgan fingerprint density at radius 1 is 1.03 bits per heavy atom. The van der Waals surface area contributed by atoms with Gasteiger partial charge in [0.25, 0.3) is 0 Å². The van der Waals surface area contributed by atoms with Crippen LogP contribution in [0.3, 0.4) is 0 Å². The second-order valence-electron chi connectivity index (χ2n) is 7.58. The summed E-state index contributed by atoms with van der Waals surface area (Å²) in [5.41, 5.74) is 0.896. The summed E-state index contributed by atoms with van der Waals surface area (Å²) in [6.07, 6.45) is 1.84. The molecule has 174 valence electrons. The van der Waals surface area contributed by atoms with Crippen LogP contribution in [0.1, 0.15) is 16.2 Å². The third-order valence-corrected chi connectivity index (χ3v) is 6.12. The number of carbonyl (C=O) groups is 2. The van der Waals surface area contributed by atoms with Gasteiger partial charge >= 0.3 is 0 Å². The van der Waals surface area contributed by atoms with Gasteiger partial charge in [-0.25, -0.2) is 0 Å². The zero-order valence-corrected chi connectivity index (χ0v) is 19.2. The van der Waals surface area contributed by atoms with Gasteiger partial charge in [0.2, 0.25) is 18.6 Å². The van der Waals surface area contributed by atoms with Gasteiger partial charge in [-0.2, -0.15) is 0 Å². The normalized spacial score (nSPS) is 12.0. The first-order valence-electron chi connectivity index (χ1n) is 10.6. The molecule has 3 aromatic rings. The number of methoxy groups -OCH3 is 1. The van der Waals surface area contributed by atoms with Crippen LogP contribution in [0.2, 0.25) is 0 Å². The number of furan rings is 1. The van der Waals surface area contributed by atoms with Crippen molar-refractivity contribution in [3.63, 3.8) is 0 Å². The number of thiophene rings is 1. The van der Waals surface area contributed by atoms with E-state index in [0.717, 1.165) is 10.4 Å². The number of carbonyl (C=O) groups excluding carboxylic acids is 2. The summed E-state index contributed by atoms with van der Waals surface area (Å²) in [7, 11) is 1.58. The van der Waals surface area contributed by atoms with Crippen LogP contribution in [0.25, 0.3) is 0 Å². The van der Waals surface area contributed by atoms with E-state index in [-0.39, 0.29) is 38.1 Å². The number of fused-ring (bicyclic) bond motifs is 1. The Balaban J connectivity index is 1.48. The molecule has 0 atom stereocenters. The molecule has 3 heterocycles. The van der Waals surface area contributed by atoms with Crippen LogP contribution in [0.5, 0.6) is 11.5 Å². The zero-order chi connectivity index (χ0) is 23.0. The van der Waals surface area contributed by atoms with Crippen LogP contribution >= 0.6 is 11.3 Å². The average Bonchev–Trinajstić information content (AvgIpc) is 3.58. The van der Waals surface area contributed by atoms with Crippen LogP contribution in [0.15, 0.2) is 58.5 Å². The smallest absolute Gasteiger partial charge is 0.242 e. The number of benzene rings is 1. The molecule has 0 saturated heterocycles. The lowest BCUT2D eigenvalue weighted by Crippen LogP contribution is -2.44. The van der Waals surface area contributed by atoms with Crippen molar-refractivity contribution < 1.29 is 28.2 Å². The molecule has 0 saturated carbocycles. The summed E-state index contributed by atoms with van der Waals surface area (Å²) >= 11 is 1.52. The van der Waals surface area contributed by atoms with Gasteiger partial charge in [0.15, 0.2) is 11.5 Å². The van der Waals surface area contributed by atoms with Gasteiger partial charge in [-0.1, -0.05) is 12.1 Å². The SMILES string of the molecule is COCCN(CC(=O)N(Cc1ccc2c(c1)OCO2)Cc1ccco1)C(=O)Cc1cccs1. The number of rotatable bonds is 11. The Bertz CT molecular complexity index is 1050. The van der Waals surface area contributed by atoms with Crippen molar-refractivity contribution in [3.05, 3.63) is 70.3 Å². The van der Waals surface area contributed by atoms with Gasteiger partial charge in [-0.3, -0.25) is 9.59 Å². The molecule has 0 bridgehead atoms. The molecule has 2 amide bonds. The summed E-state index contributed by atoms with van der Waals surface area (Å²) in [5.74, 6) is 1.72. The van der Waals surface area contributed by atoms with E-state index < -0.39 is 0 Å². The summed E-state index contributed by atoms with van der Waals surface area (Å²) in [6, 6.07) is 13.0. The third-order valence-electron chi connectivity index (χ3n) is 5.24. The van der Waals surface area contributed by atoms with Crippen LogP contribution in [0, 0.1) is 0 Å². The second-order valence-corrected chi connectivity index (χ2v) is 8.61. The van der Waals surface area contributed by atoms with Gasteiger partial charge in [-0.15, -0.1) is 11.3 Å². The van der Waals surface area contributed by atoms with E-state index in [1.807, 2.05) is 41.8 Å². The van der Waals surface area contributed by atoms with Crippen LogP contribution in [-0.2, 0) is 33.8 Å². The average molecular weight is 471 g/mol. The molecule has 0 N–H and O–H groups in total. The first-order valence-corrected chi connectivity index (χ1v) is 11.5. The maximum atomic E-state index is 13.4. The number of ether oxygens (including phenoxy) is 3. The monoisotopic (exact) mass is 470 g/mol. The van der Waals surface area contributed by atoms with Gasteiger partial charge in [0, 0.05) is 25.1 Å². The lowest BCUT2D eigenvalue weighted by molar-refractivity contribution is -0.141. The Morgan fingerprint density at radius 2 is 1.91 bits per heavy atom. The minimum atomic E-state index is -0.181. The highest BCUT2D eigenvalue weighted by Gasteiger charge is 2.23. The molecule has 1 aromatic carbocycles. The number of amides is 2. The van der Waals surface area contributed by atoms with Crippen molar-refractivity contribution in [2.24, 2.45) is 0 Å². The molecule has 1 aliphatic heterocycles. The third kappa shape index (κ3) is 6.15. The fourth-order valence-electron chi connectivity index (χ4n) is 3.51. The van der Waals surface area contributed by atoms with Crippen molar-refractivity contribution in [1.82, 2.24) is 9.80 Å². The maximum absolute atomic E-state index is 13.4. The van der Waals surface area contributed by atoms with Crippen LogP contribution in [-0.4, -0.2) is 55.2 Å². The summed E-state index contributed by atoms with van der Waals surface area (Å²) in [4.78, 5) is 30.5. The molecule has 0 radical (unpaired) electrons. The van der Waals surface area contributed by atoms with Crippen molar-refractivity contribution in [3.8, 4) is 11.5 Å². The highest BCUT2D eigenvalue weighted by atomic mass is 32.1. The first-order chi connectivity index (χ1) is 16.1. The molecule has 0 fully saturated rings. The fraction of sp³-hybridized carbons (Fsp3) is 0.333. The molecule has 2 aromatic heterocycles. The van der Waals surface area contributed by atoms with Crippen LogP contribution < -0.4 is 9.47 Å². The molecule has 1 aliphatic rings. The fourth-order valence-corrected chi connectivity index (χ4v) is 4.21. The molecule has 33 heavy (non-hydrogen) atoms. The first kappa shape index (κ1) is 22.9. The highest BCUT2D eigenvalue weighted by molar-refractivity contribution is 7.10. The van der Waals surface area contributed by atoms with Crippen molar-refractivity contribution in [1.29, 1.82) is 0 Å². The zero-order valence-electron chi connectivity index (χ0n) is 18.4. The van der Waals surface area contributed by atoms with Gasteiger partial charge < -0.3 is 28.4 Å². The largest absolute Gasteiger partial charge is 0.467 e. The standard InChI is InChI=1S/C24H26N2O6S/c1-29-10-8-25(23(27)13-20-5-3-11-33-20)16-24(28)26(15-19-4-2-9-30-19)14-18-6-7-21-22(12-18)32-17-31-21/h2-7,9,11-12H,8,10,13-17H2,1H3. The molecular weight excluding hydrogens is 444 g/mol. The maximum Gasteiger partial charge on any atom is 0.242 e. The number of hydrogen-bond donors (Lipinski definition) is 0. The summed E-state index contributed by atoms with van der Waals surface area (Å²) < 4.78 is 21.5. The molecular formula is C24H26N2O6S. The van der Waals surface area contributed by atoms with Crippen molar-refractivity contribution in [2.75, 3.05) is 33.6 Å². The Hall–Kier alpha value is -3.30. The van der Waals surface area contributed by atoms with E-state index >= 15 is 0 Å². The minimum absolute atomic E-state index is 0.0428. The summed E-state index contributed by atoms with van der Waals surface area (Å²) in [6.45, 7) is 1.47. The van der Waals surface area contributed by atoms with Crippen molar-refractivity contribution >= 4 is 23.2 Å². The molecule has 4 rings (SSSR count). The Kier molecular flexibility index (Phi) is 7.64. The Labute approximate surface area is 196 Å². The van der Waals surface area contributed by atoms with E-state index in [1.165, 1.54) is 11.3 Å². The van der Waals surface area contributed by atoms with E-state index in [2.05, 4.69) is 0 Å². The van der Waals surface area contributed by atoms with Gasteiger partial charge in [0.05, 0.1) is 32.4 Å². The van der Waals surface area contributed by atoms with E-state index in [9.17, 15) is 9.59 Å². The van der Waals surface area contributed by atoms with Crippen molar-refractivity contribution in [2.45, 2.75) is 19.5 Å². The van der Waals surface area contributed by atoms with Gasteiger partial charge in [-0.05, 0) is 41.3 Å². The lowest BCUT2D eigenvalue weighted by Gasteiger charge is -2.27. The van der Waals surface area contributed by atoms with Gasteiger partial charge in [0.1, 0.15) is 5.76 Å². The summed E-state index contributed by atoms with van der Waals surface area (Å²) in [5, 5.41) is 1.93.